The second-order valence-electron chi connectivity index (χ2n) is 3.66. The van der Waals surface area contributed by atoms with Crippen LogP contribution in [-0.4, -0.2) is 9.78 Å². The Labute approximate surface area is 92.9 Å². The lowest BCUT2D eigenvalue weighted by molar-refractivity contribution is 0.628. The SMILES string of the molecule is Cc1nn(C)cc1Nc1cc(F)ccc1N. The number of nitrogen functional groups attached to an aromatic ring is 1. The number of aryl methyl sites for hydroxylation is 2. The fourth-order valence-electron chi connectivity index (χ4n) is 1.50. The minimum Gasteiger partial charge on any atom is -0.397 e. The van der Waals surface area contributed by atoms with Crippen molar-refractivity contribution in [2.75, 3.05) is 11.1 Å². The minimum absolute atomic E-state index is 0.321. The number of nitrogens with one attached hydrogen (secondary N) is 1. The van der Waals surface area contributed by atoms with Crippen LogP contribution in [0.4, 0.5) is 21.5 Å². The maximum absolute atomic E-state index is 13.0. The quantitative estimate of drug-likeness (QED) is 0.763. The topological polar surface area (TPSA) is 55.9 Å². The van der Waals surface area contributed by atoms with Crippen molar-refractivity contribution < 1.29 is 4.39 Å². The van der Waals surface area contributed by atoms with Crippen LogP contribution in [0.3, 0.4) is 0 Å². The number of rotatable bonds is 2. The summed E-state index contributed by atoms with van der Waals surface area (Å²) in [6.07, 6.45) is 1.82. The molecule has 16 heavy (non-hydrogen) atoms. The zero-order chi connectivity index (χ0) is 11.7. The van der Waals surface area contributed by atoms with E-state index in [0.29, 0.717) is 11.4 Å². The Morgan fingerprint density at radius 1 is 1.38 bits per heavy atom. The van der Waals surface area contributed by atoms with Gasteiger partial charge >= 0.3 is 0 Å². The van der Waals surface area contributed by atoms with Crippen LogP contribution in [0, 0.1) is 12.7 Å². The number of benzene rings is 1. The van der Waals surface area contributed by atoms with Gasteiger partial charge in [0.05, 0.1) is 22.8 Å². The van der Waals surface area contributed by atoms with E-state index in [2.05, 4.69) is 10.4 Å². The lowest BCUT2D eigenvalue weighted by Crippen LogP contribution is -1.97. The molecule has 0 atom stereocenters. The Kier molecular flexibility index (Phi) is 2.52. The first-order valence-electron chi connectivity index (χ1n) is 4.88. The molecule has 0 radical (unpaired) electrons. The van der Waals surface area contributed by atoms with Gasteiger partial charge in [-0.1, -0.05) is 0 Å². The second kappa shape index (κ2) is 3.84. The first-order chi connectivity index (χ1) is 7.56. The molecule has 0 fully saturated rings. The third-order valence-electron chi connectivity index (χ3n) is 2.30. The van der Waals surface area contributed by atoms with E-state index in [-0.39, 0.29) is 5.82 Å². The van der Waals surface area contributed by atoms with Crippen LogP contribution in [0.2, 0.25) is 0 Å². The minimum atomic E-state index is -0.321. The van der Waals surface area contributed by atoms with E-state index in [4.69, 9.17) is 5.73 Å². The van der Waals surface area contributed by atoms with Gasteiger partial charge in [-0.15, -0.1) is 0 Å². The van der Waals surface area contributed by atoms with Crippen molar-refractivity contribution >= 4 is 17.1 Å². The molecule has 0 bridgehead atoms. The van der Waals surface area contributed by atoms with Crippen LogP contribution in [0.5, 0.6) is 0 Å². The van der Waals surface area contributed by atoms with Crippen molar-refractivity contribution in [2.45, 2.75) is 6.92 Å². The number of nitrogens with two attached hydrogens (primary N) is 1. The average Bonchev–Trinajstić information content (AvgIpc) is 2.51. The molecular weight excluding hydrogens is 207 g/mol. The monoisotopic (exact) mass is 220 g/mol. The fraction of sp³-hybridized carbons (Fsp3) is 0.182. The molecule has 3 N–H and O–H groups in total. The maximum Gasteiger partial charge on any atom is 0.125 e. The van der Waals surface area contributed by atoms with Gasteiger partial charge in [0.15, 0.2) is 0 Å². The summed E-state index contributed by atoms with van der Waals surface area (Å²) in [6, 6.07) is 4.22. The summed E-state index contributed by atoms with van der Waals surface area (Å²) in [5.74, 6) is -0.321. The van der Waals surface area contributed by atoms with Gasteiger partial charge in [-0.05, 0) is 25.1 Å². The van der Waals surface area contributed by atoms with Gasteiger partial charge in [-0.25, -0.2) is 4.39 Å². The molecule has 0 unspecified atom stereocenters. The summed E-state index contributed by atoms with van der Waals surface area (Å²) in [4.78, 5) is 0. The van der Waals surface area contributed by atoms with Crippen molar-refractivity contribution in [3.63, 3.8) is 0 Å². The zero-order valence-corrected chi connectivity index (χ0v) is 9.16. The largest absolute Gasteiger partial charge is 0.397 e. The summed E-state index contributed by atoms with van der Waals surface area (Å²) in [5.41, 5.74) is 8.45. The summed E-state index contributed by atoms with van der Waals surface area (Å²) in [6.45, 7) is 1.87. The normalized spacial score (nSPS) is 10.4. The molecule has 0 saturated heterocycles. The smallest absolute Gasteiger partial charge is 0.125 e. The summed E-state index contributed by atoms with van der Waals surface area (Å²) in [5, 5.41) is 7.23. The van der Waals surface area contributed by atoms with Crippen LogP contribution in [0.15, 0.2) is 24.4 Å². The highest BCUT2D eigenvalue weighted by molar-refractivity contribution is 5.72. The standard InChI is InChI=1S/C11H13FN4/c1-7-11(6-16(2)15-7)14-10-5-8(12)3-4-9(10)13/h3-6,14H,13H2,1-2H3. The van der Waals surface area contributed by atoms with E-state index in [0.717, 1.165) is 11.4 Å². The molecule has 4 nitrogen and oxygen atoms in total. The van der Waals surface area contributed by atoms with Crippen LogP contribution in [0.1, 0.15) is 5.69 Å². The van der Waals surface area contributed by atoms with Crippen molar-refractivity contribution in [1.29, 1.82) is 0 Å². The number of halogens is 1. The molecule has 1 aromatic carbocycles. The van der Waals surface area contributed by atoms with Gasteiger partial charge in [0.25, 0.3) is 0 Å². The highest BCUT2D eigenvalue weighted by Gasteiger charge is 2.06. The van der Waals surface area contributed by atoms with Gasteiger partial charge in [0.1, 0.15) is 5.82 Å². The van der Waals surface area contributed by atoms with Crippen molar-refractivity contribution in [3.8, 4) is 0 Å². The summed E-state index contributed by atoms with van der Waals surface area (Å²) in [7, 11) is 1.83. The highest BCUT2D eigenvalue weighted by Crippen LogP contribution is 2.25. The second-order valence-corrected chi connectivity index (χ2v) is 3.66. The zero-order valence-electron chi connectivity index (χ0n) is 9.16. The van der Waals surface area contributed by atoms with Gasteiger partial charge in [0.2, 0.25) is 0 Å². The van der Waals surface area contributed by atoms with Crippen LogP contribution >= 0.6 is 0 Å². The molecule has 2 aromatic rings. The van der Waals surface area contributed by atoms with E-state index in [1.807, 2.05) is 20.2 Å². The predicted molar refractivity (Wildman–Crippen MR) is 62.0 cm³/mol. The average molecular weight is 220 g/mol. The Morgan fingerprint density at radius 3 is 2.75 bits per heavy atom. The Bertz CT molecular complexity index is 519. The molecular formula is C11H13FN4. The van der Waals surface area contributed by atoms with Gasteiger partial charge in [-0.2, -0.15) is 5.10 Å². The Morgan fingerprint density at radius 2 is 2.12 bits per heavy atom. The first-order valence-corrected chi connectivity index (χ1v) is 4.88. The van der Waals surface area contributed by atoms with Crippen molar-refractivity contribution in [2.24, 2.45) is 7.05 Å². The molecule has 0 saturated carbocycles. The molecule has 1 aromatic heterocycles. The Balaban J connectivity index is 2.33. The van der Waals surface area contributed by atoms with Gasteiger partial charge < -0.3 is 11.1 Å². The third-order valence-corrected chi connectivity index (χ3v) is 2.30. The van der Waals surface area contributed by atoms with Crippen molar-refractivity contribution in [1.82, 2.24) is 9.78 Å². The number of anilines is 3. The lowest BCUT2D eigenvalue weighted by atomic mass is 10.2. The molecule has 0 aliphatic heterocycles. The molecule has 84 valence electrons. The fourth-order valence-corrected chi connectivity index (χ4v) is 1.50. The third kappa shape index (κ3) is 1.98. The summed E-state index contributed by atoms with van der Waals surface area (Å²) >= 11 is 0. The molecule has 2 rings (SSSR count). The number of hydrogen-bond acceptors (Lipinski definition) is 3. The van der Waals surface area contributed by atoms with E-state index in [1.165, 1.54) is 18.2 Å². The van der Waals surface area contributed by atoms with E-state index in [9.17, 15) is 4.39 Å². The maximum atomic E-state index is 13.0. The van der Waals surface area contributed by atoms with E-state index >= 15 is 0 Å². The van der Waals surface area contributed by atoms with Crippen LogP contribution in [0.25, 0.3) is 0 Å². The van der Waals surface area contributed by atoms with Gasteiger partial charge in [0, 0.05) is 13.2 Å². The van der Waals surface area contributed by atoms with Gasteiger partial charge in [-0.3, -0.25) is 4.68 Å². The molecule has 0 spiro atoms. The Hall–Kier alpha value is -2.04. The summed E-state index contributed by atoms with van der Waals surface area (Å²) < 4.78 is 14.7. The number of aromatic nitrogens is 2. The molecule has 0 aliphatic rings. The van der Waals surface area contributed by atoms with E-state index < -0.39 is 0 Å². The van der Waals surface area contributed by atoms with E-state index in [1.54, 1.807) is 4.68 Å². The number of nitrogens with zero attached hydrogens (tertiary/aromatic N) is 2. The van der Waals surface area contributed by atoms with Crippen LogP contribution in [-0.2, 0) is 7.05 Å². The van der Waals surface area contributed by atoms with Crippen LogP contribution < -0.4 is 11.1 Å². The first kappa shape index (κ1) is 10.5. The molecule has 1 heterocycles. The molecule has 5 heteroatoms. The highest BCUT2D eigenvalue weighted by atomic mass is 19.1. The predicted octanol–water partition coefficient (Wildman–Crippen LogP) is 2.19. The lowest BCUT2D eigenvalue weighted by Gasteiger charge is -2.07. The molecule has 0 aliphatic carbocycles. The molecule has 0 amide bonds. The number of hydrogen-bond donors (Lipinski definition) is 2. The van der Waals surface area contributed by atoms with Crippen molar-refractivity contribution in [3.05, 3.63) is 35.9 Å².